The lowest BCUT2D eigenvalue weighted by Gasteiger charge is -2.30. The fourth-order valence-corrected chi connectivity index (χ4v) is 4.57. The molecule has 2 aromatic carbocycles. The third-order valence-electron chi connectivity index (χ3n) is 5.64. The van der Waals surface area contributed by atoms with Crippen molar-refractivity contribution in [3.8, 4) is 17.2 Å². The number of benzene rings is 2. The van der Waals surface area contributed by atoms with E-state index in [9.17, 15) is 4.79 Å². The van der Waals surface area contributed by atoms with Crippen LogP contribution in [0.3, 0.4) is 0 Å². The highest BCUT2D eigenvalue weighted by molar-refractivity contribution is 7.99. The number of methoxy groups -OCH3 is 1. The molecule has 1 heterocycles. The van der Waals surface area contributed by atoms with Gasteiger partial charge in [-0.1, -0.05) is 54.9 Å². The summed E-state index contributed by atoms with van der Waals surface area (Å²) in [5, 5.41) is 11.6. The molecule has 0 spiro atoms. The van der Waals surface area contributed by atoms with E-state index < -0.39 is 0 Å². The lowest BCUT2D eigenvalue weighted by molar-refractivity contribution is -0.118. The summed E-state index contributed by atoms with van der Waals surface area (Å²) < 4.78 is 10.8. The van der Waals surface area contributed by atoms with Crippen LogP contribution in [0.2, 0.25) is 0 Å². The lowest BCUT2D eigenvalue weighted by atomic mass is 9.79. The molecule has 6 nitrogen and oxygen atoms in total. The van der Waals surface area contributed by atoms with E-state index in [1.807, 2.05) is 30.3 Å². The maximum atomic E-state index is 12.5. The number of nitrogens with one attached hydrogen (secondary N) is 1. The smallest absolute Gasteiger partial charge is 0.277 e. The first kappa shape index (κ1) is 20.5. The number of carbonyl (C=O) groups excluding carboxylic acids is 1. The molecule has 0 radical (unpaired) electrons. The Balaban J connectivity index is 1.31. The third kappa shape index (κ3) is 4.67. The Bertz CT molecular complexity index is 967. The van der Waals surface area contributed by atoms with E-state index in [-0.39, 0.29) is 17.1 Å². The van der Waals surface area contributed by atoms with Crippen LogP contribution in [0.1, 0.15) is 31.2 Å². The van der Waals surface area contributed by atoms with Gasteiger partial charge in [0.15, 0.2) is 0 Å². The summed E-state index contributed by atoms with van der Waals surface area (Å²) in [4.78, 5) is 12.5. The molecule has 0 saturated heterocycles. The van der Waals surface area contributed by atoms with Crippen LogP contribution in [0.5, 0.6) is 5.75 Å². The number of amides is 1. The van der Waals surface area contributed by atoms with E-state index in [0.29, 0.717) is 17.7 Å². The highest BCUT2D eigenvalue weighted by Crippen LogP contribution is 2.40. The number of aromatic nitrogens is 2. The molecule has 30 heavy (non-hydrogen) atoms. The number of thioether (sulfide) groups is 1. The first-order valence-corrected chi connectivity index (χ1v) is 11.1. The van der Waals surface area contributed by atoms with E-state index >= 15 is 0 Å². The average molecular weight is 424 g/mol. The third-order valence-corrected chi connectivity index (χ3v) is 6.46. The van der Waals surface area contributed by atoms with Crippen LogP contribution in [0.25, 0.3) is 11.5 Å². The molecule has 1 fully saturated rings. The summed E-state index contributed by atoms with van der Waals surface area (Å²) in [6.45, 7) is 0.664. The van der Waals surface area contributed by atoms with E-state index in [1.165, 1.54) is 30.2 Å². The lowest BCUT2D eigenvalue weighted by Crippen LogP contribution is -2.39. The molecule has 3 aromatic rings. The predicted molar refractivity (Wildman–Crippen MR) is 117 cm³/mol. The average Bonchev–Trinajstić information content (AvgIpc) is 3.48. The molecule has 1 saturated carbocycles. The highest BCUT2D eigenvalue weighted by atomic mass is 32.2. The van der Waals surface area contributed by atoms with Gasteiger partial charge in [0.1, 0.15) is 5.75 Å². The first-order valence-electron chi connectivity index (χ1n) is 10.1. The van der Waals surface area contributed by atoms with Crippen molar-refractivity contribution in [3.05, 3.63) is 60.2 Å². The van der Waals surface area contributed by atoms with E-state index in [4.69, 9.17) is 9.15 Å². The molecule has 4 rings (SSSR count). The summed E-state index contributed by atoms with van der Waals surface area (Å²) in [5.41, 5.74) is 2.18. The van der Waals surface area contributed by atoms with Gasteiger partial charge in [-0.25, -0.2) is 0 Å². The zero-order chi connectivity index (χ0) is 20.8. The highest BCUT2D eigenvalue weighted by Gasteiger charge is 2.35. The number of rotatable bonds is 8. The van der Waals surface area contributed by atoms with Crippen molar-refractivity contribution in [1.29, 1.82) is 0 Å². The number of hydrogen-bond acceptors (Lipinski definition) is 6. The summed E-state index contributed by atoms with van der Waals surface area (Å²) in [5.74, 6) is 1.41. The van der Waals surface area contributed by atoms with Crippen molar-refractivity contribution in [1.82, 2.24) is 15.5 Å². The van der Waals surface area contributed by atoms with Gasteiger partial charge in [-0.3, -0.25) is 4.79 Å². The van der Waals surface area contributed by atoms with Crippen LogP contribution in [-0.2, 0) is 10.2 Å². The van der Waals surface area contributed by atoms with Gasteiger partial charge < -0.3 is 14.5 Å². The molecular weight excluding hydrogens is 398 g/mol. The summed E-state index contributed by atoms with van der Waals surface area (Å²) >= 11 is 1.25. The molecule has 156 valence electrons. The van der Waals surface area contributed by atoms with E-state index in [2.05, 4.69) is 39.8 Å². The normalized spacial score (nSPS) is 15.1. The second-order valence-electron chi connectivity index (χ2n) is 7.52. The van der Waals surface area contributed by atoms with Gasteiger partial charge in [0.05, 0.1) is 12.9 Å². The molecule has 1 N–H and O–H groups in total. The maximum Gasteiger partial charge on any atom is 0.277 e. The van der Waals surface area contributed by atoms with Gasteiger partial charge in [-0.2, -0.15) is 0 Å². The fraction of sp³-hybridized carbons (Fsp3) is 0.348. The van der Waals surface area contributed by atoms with Crippen LogP contribution in [0.15, 0.2) is 64.2 Å². The standard InChI is InChI=1S/C23H25N3O3S/c1-28-19-11-9-17(10-12-19)21-25-26-22(29-21)30-15-20(27)24-16-23(13-5-6-14-23)18-7-3-2-4-8-18/h2-4,7-12H,5-6,13-16H2,1H3,(H,24,27). The van der Waals surface area contributed by atoms with Gasteiger partial charge in [-0.05, 0) is 42.7 Å². The predicted octanol–water partition coefficient (Wildman–Crippen LogP) is 4.47. The Morgan fingerprint density at radius 3 is 2.53 bits per heavy atom. The van der Waals surface area contributed by atoms with Crippen molar-refractivity contribution in [2.24, 2.45) is 0 Å². The van der Waals surface area contributed by atoms with Gasteiger partial charge >= 0.3 is 0 Å². The Hall–Kier alpha value is -2.80. The number of carbonyl (C=O) groups is 1. The number of hydrogen-bond donors (Lipinski definition) is 1. The molecular formula is C23H25N3O3S. The summed E-state index contributed by atoms with van der Waals surface area (Å²) in [6, 6.07) is 17.9. The van der Waals surface area contributed by atoms with Gasteiger partial charge in [0.25, 0.3) is 5.22 Å². The minimum atomic E-state index is -0.0218. The Labute approximate surface area is 180 Å². The molecule has 1 aliphatic carbocycles. The molecule has 1 amide bonds. The van der Waals surface area contributed by atoms with E-state index in [0.717, 1.165) is 24.2 Å². The molecule has 0 aliphatic heterocycles. The molecule has 1 aromatic heterocycles. The second-order valence-corrected chi connectivity index (χ2v) is 8.45. The van der Waals surface area contributed by atoms with Gasteiger partial charge in [0, 0.05) is 17.5 Å². The zero-order valence-electron chi connectivity index (χ0n) is 17.0. The van der Waals surface area contributed by atoms with Gasteiger partial charge in [-0.15, -0.1) is 10.2 Å². The minimum absolute atomic E-state index is 0.0218. The SMILES string of the molecule is COc1ccc(-c2nnc(SCC(=O)NCC3(c4ccccc4)CCCC3)o2)cc1. The monoisotopic (exact) mass is 423 g/mol. The van der Waals surface area contributed by atoms with Crippen LogP contribution in [0.4, 0.5) is 0 Å². The molecule has 1 aliphatic rings. The molecule has 0 unspecified atom stereocenters. The van der Waals surface area contributed by atoms with E-state index in [1.54, 1.807) is 7.11 Å². The fourth-order valence-electron chi connectivity index (χ4n) is 3.98. The second kappa shape index (κ2) is 9.34. The van der Waals surface area contributed by atoms with Crippen LogP contribution in [0, 0.1) is 0 Å². The summed E-state index contributed by atoms with van der Waals surface area (Å²) in [6.07, 6.45) is 4.63. The van der Waals surface area contributed by atoms with Crippen LogP contribution >= 0.6 is 11.8 Å². The Morgan fingerprint density at radius 1 is 1.10 bits per heavy atom. The minimum Gasteiger partial charge on any atom is -0.497 e. The van der Waals surface area contributed by atoms with Crippen molar-refractivity contribution in [2.45, 2.75) is 36.3 Å². The first-order chi connectivity index (χ1) is 14.7. The van der Waals surface area contributed by atoms with Crippen molar-refractivity contribution in [3.63, 3.8) is 0 Å². The van der Waals surface area contributed by atoms with Crippen molar-refractivity contribution >= 4 is 17.7 Å². The quantitative estimate of drug-likeness (QED) is 0.539. The van der Waals surface area contributed by atoms with Crippen LogP contribution in [-0.4, -0.2) is 35.5 Å². The Morgan fingerprint density at radius 2 is 1.83 bits per heavy atom. The summed E-state index contributed by atoms with van der Waals surface area (Å²) in [7, 11) is 1.62. The van der Waals surface area contributed by atoms with Crippen molar-refractivity contribution in [2.75, 3.05) is 19.4 Å². The molecule has 7 heteroatoms. The topological polar surface area (TPSA) is 77.2 Å². The number of nitrogens with zero attached hydrogens (tertiary/aromatic N) is 2. The molecule has 0 bridgehead atoms. The van der Waals surface area contributed by atoms with Gasteiger partial charge in [0.2, 0.25) is 11.8 Å². The largest absolute Gasteiger partial charge is 0.497 e. The maximum absolute atomic E-state index is 12.5. The zero-order valence-corrected chi connectivity index (χ0v) is 17.8. The Kier molecular flexibility index (Phi) is 6.38. The number of ether oxygens (including phenoxy) is 1. The van der Waals surface area contributed by atoms with Crippen LogP contribution < -0.4 is 10.1 Å². The van der Waals surface area contributed by atoms with Crippen molar-refractivity contribution < 1.29 is 13.9 Å². The molecule has 0 atom stereocenters.